The summed E-state index contributed by atoms with van der Waals surface area (Å²) in [5.41, 5.74) is 10.5. The zero-order valence-electron chi connectivity index (χ0n) is 45.5. The summed E-state index contributed by atoms with van der Waals surface area (Å²) < 4.78 is 31.2. The highest BCUT2D eigenvalue weighted by atomic mass is 16.5. The Morgan fingerprint density at radius 3 is 1.77 bits per heavy atom. The molecular formula is C62H70N6O10. The quantitative estimate of drug-likeness (QED) is 0.0430. The molecule has 0 bridgehead atoms. The van der Waals surface area contributed by atoms with Crippen LogP contribution in [0.25, 0.3) is 0 Å². The molecule has 5 aromatic carbocycles. The number of Topliss-reactive ketones (excluding diaryl/α,β-unsaturated/α-hetero) is 1. The van der Waals surface area contributed by atoms with Gasteiger partial charge in [0.1, 0.15) is 24.7 Å². The van der Waals surface area contributed by atoms with Gasteiger partial charge in [0, 0.05) is 108 Å². The SMILES string of the molecule is CCCOCCOCCN(CCCC(=O)CCCN1C(=O)C=CC1=O)c1cc(COc2cc3c(cc2C)C(=O)N2c4ccccc4C[C@H]2CN3C)cc(COc2cc3c(cc2OC)C(=O)N2c4ccccc4C[C@H]2CN3C)c1. The maximum absolute atomic E-state index is 14.4. The maximum atomic E-state index is 14.4. The van der Waals surface area contributed by atoms with E-state index >= 15 is 0 Å². The topological polar surface area (TPSA) is 151 Å². The third kappa shape index (κ3) is 11.5. The minimum absolute atomic E-state index is 0.0152. The first-order valence-corrected chi connectivity index (χ1v) is 27.3. The summed E-state index contributed by atoms with van der Waals surface area (Å²) >= 11 is 0. The average Bonchev–Trinajstić information content (AvgIpc) is 4.20. The van der Waals surface area contributed by atoms with Gasteiger partial charge in [-0.05, 0) is 109 Å². The molecule has 5 aliphatic heterocycles. The molecule has 16 heteroatoms. The Morgan fingerprint density at radius 1 is 0.615 bits per heavy atom. The number of hydrogen-bond donors (Lipinski definition) is 0. The van der Waals surface area contributed by atoms with E-state index in [1.165, 1.54) is 22.6 Å². The molecule has 408 valence electrons. The second-order valence-electron chi connectivity index (χ2n) is 20.9. The normalized spacial score (nSPS) is 17.1. The minimum Gasteiger partial charge on any atom is -0.493 e. The van der Waals surface area contributed by atoms with E-state index < -0.39 is 0 Å². The van der Waals surface area contributed by atoms with Crippen molar-refractivity contribution in [1.82, 2.24) is 4.90 Å². The van der Waals surface area contributed by atoms with Crippen molar-refractivity contribution in [3.8, 4) is 17.2 Å². The lowest BCUT2D eigenvalue weighted by atomic mass is 10.1. The van der Waals surface area contributed by atoms with Crippen LogP contribution in [0.3, 0.4) is 0 Å². The molecule has 0 aliphatic carbocycles. The number of methoxy groups -OCH3 is 1. The summed E-state index contributed by atoms with van der Waals surface area (Å²) in [6.07, 6.45) is 6.55. The van der Waals surface area contributed by atoms with Crippen molar-refractivity contribution in [2.75, 3.05) is 105 Å². The van der Waals surface area contributed by atoms with E-state index in [0.29, 0.717) is 100 Å². The number of carbonyl (C=O) groups excluding carboxylic acids is 5. The first-order valence-electron chi connectivity index (χ1n) is 27.3. The van der Waals surface area contributed by atoms with Gasteiger partial charge in [0.15, 0.2) is 11.5 Å². The van der Waals surface area contributed by atoms with Crippen LogP contribution in [0.15, 0.2) is 103 Å². The van der Waals surface area contributed by atoms with Gasteiger partial charge in [0.2, 0.25) is 0 Å². The van der Waals surface area contributed by atoms with Gasteiger partial charge in [-0.2, -0.15) is 0 Å². The van der Waals surface area contributed by atoms with Crippen LogP contribution in [0.1, 0.15) is 87.6 Å². The summed E-state index contributed by atoms with van der Waals surface area (Å²) in [6, 6.07) is 30.1. The van der Waals surface area contributed by atoms with Gasteiger partial charge in [-0.15, -0.1) is 0 Å². The van der Waals surface area contributed by atoms with Gasteiger partial charge in [-0.25, -0.2) is 0 Å². The molecule has 0 spiro atoms. The number of aryl methyl sites for hydroxylation is 1. The molecule has 0 aromatic heterocycles. The Kier molecular flexibility index (Phi) is 16.5. The van der Waals surface area contributed by atoms with Crippen molar-refractivity contribution in [2.24, 2.45) is 0 Å². The highest BCUT2D eigenvalue weighted by Crippen LogP contribution is 2.43. The second-order valence-corrected chi connectivity index (χ2v) is 20.9. The van der Waals surface area contributed by atoms with Crippen molar-refractivity contribution in [2.45, 2.75) is 84.1 Å². The van der Waals surface area contributed by atoms with Crippen LogP contribution >= 0.6 is 0 Å². The number of likely N-dealkylation sites (N-methyl/N-ethyl adjacent to an activating group) is 2. The maximum Gasteiger partial charge on any atom is 0.260 e. The number of carbonyl (C=O) groups is 5. The molecule has 10 rings (SSSR count). The molecule has 2 atom stereocenters. The van der Waals surface area contributed by atoms with E-state index in [1.54, 1.807) is 13.2 Å². The van der Waals surface area contributed by atoms with Crippen LogP contribution in [0.4, 0.5) is 28.4 Å². The van der Waals surface area contributed by atoms with E-state index in [0.717, 1.165) is 70.0 Å². The van der Waals surface area contributed by atoms with Crippen molar-refractivity contribution < 1.29 is 47.7 Å². The van der Waals surface area contributed by atoms with Crippen LogP contribution in [0.2, 0.25) is 0 Å². The molecule has 0 fully saturated rings. The monoisotopic (exact) mass is 1060 g/mol. The molecule has 0 radical (unpaired) electrons. The van der Waals surface area contributed by atoms with Gasteiger partial charge >= 0.3 is 0 Å². The number of amides is 4. The highest BCUT2D eigenvalue weighted by Gasteiger charge is 2.41. The smallest absolute Gasteiger partial charge is 0.260 e. The van der Waals surface area contributed by atoms with E-state index in [9.17, 15) is 24.0 Å². The van der Waals surface area contributed by atoms with Gasteiger partial charge in [0.25, 0.3) is 23.6 Å². The molecule has 0 saturated heterocycles. The van der Waals surface area contributed by atoms with Gasteiger partial charge in [-0.1, -0.05) is 43.3 Å². The van der Waals surface area contributed by atoms with Crippen LogP contribution in [-0.2, 0) is 49.9 Å². The number of anilines is 5. The van der Waals surface area contributed by atoms with E-state index in [4.69, 9.17) is 23.7 Å². The predicted octanol–water partition coefficient (Wildman–Crippen LogP) is 8.51. The van der Waals surface area contributed by atoms with Gasteiger partial charge < -0.3 is 48.2 Å². The van der Waals surface area contributed by atoms with Crippen LogP contribution in [-0.4, -0.2) is 127 Å². The molecule has 0 unspecified atom stereocenters. The van der Waals surface area contributed by atoms with Crippen molar-refractivity contribution >= 4 is 57.8 Å². The number of para-hydroxylation sites is 2. The Bertz CT molecular complexity index is 3100. The number of ketones is 1. The summed E-state index contributed by atoms with van der Waals surface area (Å²) in [7, 11) is 5.62. The van der Waals surface area contributed by atoms with Crippen LogP contribution in [0.5, 0.6) is 17.2 Å². The zero-order chi connectivity index (χ0) is 54.5. The summed E-state index contributed by atoms with van der Waals surface area (Å²) in [4.78, 5) is 77.7. The van der Waals surface area contributed by atoms with Crippen LogP contribution < -0.4 is 38.7 Å². The Morgan fingerprint density at radius 2 is 1.17 bits per heavy atom. The lowest BCUT2D eigenvalue weighted by molar-refractivity contribution is -0.137. The van der Waals surface area contributed by atoms with E-state index in [-0.39, 0.29) is 67.7 Å². The minimum atomic E-state index is -0.350. The Labute approximate surface area is 457 Å². The summed E-state index contributed by atoms with van der Waals surface area (Å²) in [5, 5.41) is 0. The highest BCUT2D eigenvalue weighted by molar-refractivity contribution is 6.14. The van der Waals surface area contributed by atoms with Crippen molar-refractivity contribution in [1.29, 1.82) is 0 Å². The fraction of sp³-hybridized carbons (Fsp3) is 0.403. The number of fused-ring (bicyclic) bond motifs is 8. The van der Waals surface area contributed by atoms with Crippen LogP contribution in [0, 0.1) is 6.92 Å². The molecule has 78 heavy (non-hydrogen) atoms. The third-order valence-electron chi connectivity index (χ3n) is 15.4. The largest absolute Gasteiger partial charge is 0.493 e. The number of nitrogens with zero attached hydrogens (tertiary/aromatic N) is 6. The van der Waals surface area contributed by atoms with Gasteiger partial charge in [0.05, 0.1) is 61.5 Å². The van der Waals surface area contributed by atoms with E-state index in [2.05, 4.69) is 52.0 Å². The zero-order valence-corrected chi connectivity index (χ0v) is 45.5. The Balaban J connectivity index is 0.916. The molecule has 5 heterocycles. The third-order valence-corrected chi connectivity index (χ3v) is 15.4. The van der Waals surface area contributed by atoms with Gasteiger partial charge in [-0.3, -0.25) is 28.9 Å². The number of rotatable bonds is 24. The fourth-order valence-electron chi connectivity index (χ4n) is 11.6. The first-order chi connectivity index (χ1) is 37.9. The van der Waals surface area contributed by atoms with E-state index in [1.807, 2.05) is 85.4 Å². The van der Waals surface area contributed by atoms with Crippen molar-refractivity contribution in [3.05, 3.63) is 142 Å². The molecule has 5 aromatic rings. The standard InChI is InChI=1S/C62H70N6O10/c1-6-24-75-26-27-76-25-23-65(21-11-15-49(69)16-12-22-66-59(70)19-20-60(66)71)46-30-42(39-77-56-35-54-50(28-41(56)2)61(72)67-47(37-63(54)3)32-44-13-7-9-17-52(44)67)29-43(31-46)40-78-58-36-55-51(34-57(58)74-5)62(73)68-48(38-64(55)4)33-45-14-8-10-18-53(45)68/h7-10,13-14,17-20,28-31,34-36,47-48H,6,11-12,15-16,21-27,32-33,37-40H2,1-5H3/t47-,48-/m0/s1. The molecular weight excluding hydrogens is 989 g/mol. The molecule has 0 saturated carbocycles. The lowest BCUT2D eigenvalue weighted by Crippen LogP contribution is -2.41. The van der Waals surface area contributed by atoms with Crippen molar-refractivity contribution in [3.63, 3.8) is 0 Å². The number of benzene rings is 5. The molecule has 0 N–H and O–H groups in total. The predicted molar refractivity (Wildman–Crippen MR) is 301 cm³/mol. The number of ether oxygens (including phenoxy) is 5. The Hall–Kier alpha value is -7.69. The molecule has 5 aliphatic rings. The summed E-state index contributed by atoms with van der Waals surface area (Å²) in [5.74, 6) is 0.868. The first kappa shape index (κ1) is 53.7. The second kappa shape index (κ2) is 23.9. The molecule has 4 amide bonds. The summed E-state index contributed by atoms with van der Waals surface area (Å²) in [6.45, 7) is 8.97. The number of imide groups is 1. The average molecular weight is 1060 g/mol. The fourth-order valence-corrected chi connectivity index (χ4v) is 11.6. The number of hydrogen-bond acceptors (Lipinski definition) is 13. The lowest BCUT2D eigenvalue weighted by Gasteiger charge is -2.27. The molecule has 16 nitrogen and oxygen atoms in total.